The topological polar surface area (TPSA) is 89.3 Å². The lowest BCUT2D eigenvalue weighted by molar-refractivity contribution is 0.0945. The Morgan fingerprint density at radius 2 is 2.05 bits per heavy atom. The quantitative estimate of drug-likeness (QED) is 0.880. The molecule has 1 aliphatic rings. The molecule has 0 saturated heterocycles. The standard InChI is InChI=1S/C14H20N2O3S/c1-4-9-5-6-10(20(15,18)19)7-11(9)13(17)16-12-8-14(12,2)3/h5-7,12H,4,8H2,1-3H3,(H,16,17)(H2,15,18,19). The van der Waals surface area contributed by atoms with Gasteiger partial charge in [0.25, 0.3) is 5.91 Å². The van der Waals surface area contributed by atoms with E-state index >= 15 is 0 Å². The fourth-order valence-corrected chi connectivity index (χ4v) is 2.74. The summed E-state index contributed by atoms with van der Waals surface area (Å²) in [5.74, 6) is -0.233. The second-order valence-corrected chi connectivity index (χ2v) is 7.50. The number of rotatable bonds is 4. The Bertz CT molecular complexity index is 650. The van der Waals surface area contributed by atoms with Gasteiger partial charge in [-0.2, -0.15) is 0 Å². The molecule has 3 N–H and O–H groups in total. The van der Waals surface area contributed by atoms with E-state index in [0.29, 0.717) is 12.0 Å². The van der Waals surface area contributed by atoms with Gasteiger partial charge in [-0.25, -0.2) is 13.6 Å². The Morgan fingerprint density at radius 1 is 1.45 bits per heavy atom. The number of sulfonamides is 1. The Labute approximate surface area is 119 Å². The van der Waals surface area contributed by atoms with Gasteiger partial charge < -0.3 is 5.32 Å². The van der Waals surface area contributed by atoms with Gasteiger partial charge >= 0.3 is 0 Å². The van der Waals surface area contributed by atoms with Gasteiger partial charge in [-0.3, -0.25) is 4.79 Å². The van der Waals surface area contributed by atoms with Gasteiger partial charge in [0, 0.05) is 11.6 Å². The van der Waals surface area contributed by atoms with Crippen LogP contribution in [0.1, 0.15) is 43.1 Å². The maximum atomic E-state index is 12.3. The third-order valence-corrected chi connectivity index (χ3v) is 4.77. The summed E-state index contributed by atoms with van der Waals surface area (Å²) in [5, 5.41) is 8.05. The SMILES string of the molecule is CCc1ccc(S(N)(=O)=O)cc1C(=O)NC1CC1(C)C. The molecule has 1 aromatic carbocycles. The van der Waals surface area contributed by atoms with E-state index in [1.54, 1.807) is 6.07 Å². The number of carbonyl (C=O) groups is 1. The summed E-state index contributed by atoms with van der Waals surface area (Å²) < 4.78 is 22.8. The van der Waals surface area contributed by atoms with Crippen molar-refractivity contribution >= 4 is 15.9 Å². The maximum absolute atomic E-state index is 12.3. The smallest absolute Gasteiger partial charge is 0.251 e. The highest BCUT2D eigenvalue weighted by atomic mass is 32.2. The average Bonchev–Trinajstić information content (AvgIpc) is 2.94. The van der Waals surface area contributed by atoms with Crippen LogP contribution in [0.4, 0.5) is 0 Å². The molecule has 1 atom stereocenters. The molecule has 1 amide bonds. The van der Waals surface area contributed by atoms with E-state index in [0.717, 1.165) is 12.0 Å². The molecule has 0 aromatic heterocycles. The minimum Gasteiger partial charge on any atom is -0.349 e. The van der Waals surface area contributed by atoms with Crippen LogP contribution in [-0.2, 0) is 16.4 Å². The molecule has 5 nitrogen and oxygen atoms in total. The van der Waals surface area contributed by atoms with Crippen molar-refractivity contribution in [3.63, 3.8) is 0 Å². The number of benzene rings is 1. The van der Waals surface area contributed by atoms with E-state index < -0.39 is 10.0 Å². The Morgan fingerprint density at radius 3 is 2.50 bits per heavy atom. The zero-order chi connectivity index (χ0) is 15.1. The molecule has 1 saturated carbocycles. The first-order chi connectivity index (χ1) is 9.15. The van der Waals surface area contributed by atoms with Crippen molar-refractivity contribution in [1.29, 1.82) is 0 Å². The molecule has 1 unspecified atom stereocenters. The van der Waals surface area contributed by atoms with Crippen LogP contribution in [0.3, 0.4) is 0 Å². The fourth-order valence-electron chi connectivity index (χ4n) is 2.20. The molecule has 20 heavy (non-hydrogen) atoms. The minimum absolute atomic E-state index is 0.0325. The van der Waals surface area contributed by atoms with Crippen molar-refractivity contribution in [3.8, 4) is 0 Å². The number of nitrogens with two attached hydrogens (primary N) is 1. The molecule has 2 rings (SSSR count). The summed E-state index contributed by atoms with van der Waals surface area (Å²) in [5.41, 5.74) is 1.33. The summed E-state index contributed by atoms with van der Waals surface area (Å²) in [7, 11) is -3.80. The monoisotopic (exact) mass is 296 g/mol. The number of hydrogen-bond acceptors (Lipinski definition) is 3. The second-order valence-electron chi connectivity index (χ2n) is 5.94. The highest BCUT2D eigenvalue weighted by Gasteiger charge is 2.46. The lowest BCUT2D eigenvalue weighted by Gasteiger charge is -2.11. The molecule has 0 radical (unpaired) electrons. The van der Waals surface area contributed by atoms with Gasteiger partial charge in [-0.1, -0.05) is 26.8 Å². The molecule has 1 aromatic rings. The summed E-state index contributed by atoms with van der Waals surface area (Å²) in [6.07, 6.45) is 1.59. The van der Waals surface area contributed by atoms with Gasteiger partial charge in [0.2, 0.25) is 10.0 Å². The molecule has 6 heteroatoms. The highest BCUT2D eigenvalue weighted by molar-refractivity contribution is 7.89. The predicted octanol–water partition coefficient (Wildman–Crippen LogP) is 1.42. The fraction of sp³-hybridized carbons (Fsp3) is 0.500. The Hall–Kier alpha value is -1.40. The first-order valence-corrected chi connectivity index (χ1v) is 8.16. The van der Waals surface area contributed by atoms with E-state index in [1.807, 2.05) is 6.92 Å². The predicted molar refractivity (Wildman–Crippen MR) is 76.8 cm³/mol. The van der Waals surface area contributed by atoms with Crippen molar-refractivity contribution in [3.05, 3.63) is 29.3 Å². The van der Waals surface area contributed by atoms with Crippen molar-refractivity contribution in [2.24, 2.45) is 10.6 Å². The molecular formula is C14H20N2O3S. The average molecular weight is 296 g/mol. The molecular weight excluding hydrogens is 276 g/mol. The van der Waals surface area contributed by atoms with E-state index in [4.69, 9.17) is 5.14 Å². The maximum Gasteiger partial charge on any atom is 0.251 e. The zero-order valence-corrected chi connectivity index (χ0v) is 12.8. The first kappa shape index (κ1) is 15.0. The van der Waals surface area contributed by atoms with Crippen molar-refractivity contribution in [2.75, 3.05) is 0 Å². The molecule has 1 aliphatic carbocycles. The van der Waals surface area contributed by atoms with E-state index in [-0.39, 0.29) is 22.3 Å². The van der Waals surface area contributed by atoms with Crippen LogP contribution >= 0.6 is 0 Å². The van der Waals surface area contributed by atoms with Gasteiger partial charge in [-0.15, -0.1) is 0 Å². The third-order valence-electron chi connectivity index (χ3n) is 3.85. The number of hydrogen-bond donors (Lipinski definition) is 2. The van der Waals surface area contributed by atoms with Crippen LogP contribution < -0.4 is 10.5 Å². The normalized spacial score (nSPS) is 20.5. The van der Waals surface area contributed by atoms with Crippen LogP contribution in [0.2, 0.25) is 0 Å². The molecule has 0 aliphatic heterocycles. The number of carbonyl (C=O) groups excluding carboxylic acids is 1. The molecule has 1 fully saturated rings. The molecule has 0 spiro atoms. The third kappa shape index (κ3) is 3.02. The van der Waals surface area contributed by atoms with Crippen LogP contribution in [0.5, 0.6) is 0 Å². The van der Waals surface area contributed by atoms with Gasteiger partial charge in [0.15, 0.2) is 0 Å². The van der Waals surface area contributed by atoms with Crippen molar-refractivity contribution in [1.82, 2.24) is 5.32 Å². The summed E-state index contributed by atoms with van der Waals surface area (Å²) >= 11 is 0. The first-order valence-electron chi connectivity index (χ1n) is 6.62. The largest absolute Gasteiger partial charge is 0.349 e. The summed E-state index contributed by atoms with van der Waals surface area (Å²) in [4.78, 5) is 12.3. The van der Waals surface area contributed by atoms with Gasteiger partial charge in [0.05, 0.1) is 4.90 Å². The summed E-state index contributed by atoms with van der Waals surface area (Å²) in [6, 6.07) is 4.59. The Kier molecular flexibility index (Phi) is 3.64. The lowest BCUT2D eigenvalue weighted by atomic mass is 10.0. The van der Waals surface area contributed by atoms with Crippen LogP contribution in [-0.4, -0.2) is 20.4 Å². The van der Waals surface area contributed by atoms with Crippen molar-refractivity contribution in [2.45, 2.75) is 44.6 Å². The van der Waals surface area contributed by atoms with Gasteiger partial charge in [0.1, 0.15) is 0 Å². The minimum atomic E-state index is -3.80. The van der Waals surface area contributed by atoms with Crippen LogP contribution in [0, 0.1) is 5.41 Å². The molecule has 0 bridgehead atoms. The number of nitrogens with one attached hydrogen (secondary N) is 1. The number of aryl methyl sites for hydroxylation is 1. The zero-order valence-electron chi connectivity index (χ0n) is 11.9. The summed E-state index contributed by atoms with van der Waals surface area (Å²) in [6.45, 7) is 6.09. The van der Waals surface area contributed by atoms with E-state index in [9.17, 15) is 13.2 Å². The van der Waals surface area contributed by atoms with Crippen LogP contribution in [0.15, 0.2) is 23.1 Å². The molecule has 0 heterocycles. The number of amides is 1. The highest BCUT2D eigenvalue weighted by Crippen LogP contribution is 2.44. The Balaban J connectivity index is 2.31. The van der Waals surface area contributed by atoms with Gasteiger partial charge in [-0.05, 0) is 36.0 Å². The molecule has 110 valence electrons. The lowest BCUT2D eigenvalue weighted by Crippen LogP contribution is -2.29. The van der Waals surface area contributed by atoms with E-state index in [1.165, 1.54) is 12.1 Å². The number of primary sulfonamides is 1. The van der Waals surface area contributed by atoms with E-state index in [2.05, 4.69) is 19.2 Å². The second kappa shape index (κ2) is 4.86. The van der Waals surface area contributed by atoms with Crippen LogP contribution in [0.25, 0.3) is 0 Å². The van der Waals surface area contributed by atoms with Crippen molar-refractivity contribution < 1.29 is 13.2 Å².